The maximum absolute atomic E-state index is 12.3. The number of hydrogen-bond donors (Lipinski definition) is 1. The summed E-state index contributed by atoms with van der Waals surface area (Å²) in [6, 6.07) is 11.6. The SMILES string of the molecule is COc1ccc(CC(=O)OCC(=O)c2ccc(NC(=O)CC(C)C)cc2)c(OC)c1. The summed E-state index contributed by atoms with van der Waals surface area (Å²) in [6.07, 6.45) is 0.400. The average Bonchev–Trinajstić information content (AvgIpc) is 2.72. The van der Waals surface area contributed by atoms with Crippen molar-refractivity contribution in [3.05, 3.63) is 53.6 Å². The van der Waals surface area contributed by atoms with Crippen molar-refractivity contribution in [1.82, 2.24) is 0 Å². The minimum absolute atomic E-state index is 0.0265. The standard InChI is InChI=1S/C23H27NO6/c1-15(2)11-22(26)24-18-8-5-16(6-9-18)20(25)14-30-23(27)12-17-7-10-19(28-3)13-21(17)29-4/h5-10,13,15H,11-12,14H2,1-4H3,(H,24,26). The van der Waals surface area contributed by atoms with Gasteiger partial charge in [0.25, 0.3) is 0 Å². The maximum Gasteiger partial charge on any atom is 0.310 e. The van der Waals surface area contributed by atoms with E-state index in [0.29, 0.717) is 34.7 Å². The number of methoxy groups -OCH3 is 2. The van der Waals surface area contributed by atoms with Crippen LogP contribution in [0.4, 0.5) is 5.69 Å². The predicted molar refractivity (Wildman–Crippen MR) is 113 cm³/mol. The number of ketones is 1. The molecular formula is C23H27NO6. The Morgan fingerprint density at radius 3 is 2.27 bits per heavy atom. The molecule has 0 aromatic heterocycles. The molecule has 0 aliphatic carbocycles. The van der Waals surface area contributed by atoms with Crippen molar-refractivity contribution in [3.63, 3.8) is 0 Å². The third kappa shape index (κ3) is 6.92. The fourth-order valence-electron chi connectivity index (χ4n) is 2.76. The van der Waals surface area contributed by atoms with E-state index in [4.69, 9.17) is 14.2 Å². The van der Waals surface area contributed by atoms with E-state index in [-0.39, 0.29) is 30.6 Å². The minimum atomic E-state index is -0.538. The summed E-state index contributed by atoms with van der Waals surface area (Å²) in [5.41, 5.74) is 1.64. The zero-order valence-corrected chi connectivity index (χ0v) is 17.7. The maximum atomic E-state index is 12.3. The van der Waals surface area contributed by atoms with E-state index in [1.54, 1.807) is 49.6 Å². The van der Waals surface area contributed by atoms with Gasteiger partial charge in [-0.05, 0) is 36.2 Å². The molecule has 160 valence electrons. The second kappa shape index (κ2) is 11.0. The average molecular weight is 413 g/mol. The number of esters is 1. The van der Waals surface area contributed by atoms with E-state index in [9.17, 15) is 14.4 Å². The van der Waals surface area contributed by atoms with Crippen molar-refractivity contribution in [2.24, 2.45) is 5.92 Å². The van der Waals surface area contributed by atoms with Gasteiger partial charge in [0.2, 0.25) is 5.91 Å². The molecule has 2 aromatic rings. The van der Waals surface area contributed by atoms with Gasteiger partial charge in [0, 0.05) is 29.3 Å². The number of ether oxygens (including phenoxy) is 3. The summed E-state index contributed by atoms with van der Waals surface area (Å²) in [5.74, 6) is 0.440. The van der Waals surface area contributed by atoms with Gasteiger partial charge in [0.1, 0.15) is 11.5 Å². The summed E-state index contributed by atoms with van der Waals surface area (Å²) >= 11 is 0. The van der Waals surface area contributed by atoms with Crippen LogP contribution in [0.2, 0.25) is 0 Å². The number of anilines is 1. The Kier molecular flexibility index (Phi) is 8.41. The molecule has 30 heavy (non-hydrogen) atoms. The summed E-state index contributed by atoms with van der Waals surface area (Å²) in [6.45, 7) is 3.57. The molecule has 0 saturated heterocycles. The van der Waals surface area contributed by atoms with Gasteiger partial charge in [-0.3, -0.25) is 14.4 Å². The number of carbonyl (C=O) groups excluding carboxylic acids is 3. The molecule has 7 nitrogen and oxygen atoms in total. The van der Waals surface area contributed by atoms with Crippen LogP contribution in [0.3, 0.4) is 0 Å². The van der Waals surface area contributed by atoms with Crippen LogP contribution in [0.1, 0.15) is 36.2 Å². The first-order chi connectivity index (χ1) is 14.3. The van der Waals surface area contributed by atoms with Gasteiger partial charge in [-0.25, -0.2) is 0 Å². The Labute approximate surface area is 176 Å². The van der Waals surface area contributed by atoms with Gasteiger partial charge in [0.05, 0.1) is 20.6 Å². The highest BCUT2D eigenvalue weighted by Gasteiger charge is 2.14. The Bertz CT molecular complexity index is 889. The quantitative estimate of drug-likeness (QED) is 0.472. The zero-order valence-electron chi connectivity index (χ0n) is 17.7. The van der Waals surface area contributed by atoms with Crippen molar-refractivity contribution in [1.29, 1.82) is 0 Å². The highest BCUT2D eigenvalue weighted by Crippen LogP contribution is 2.25. The third-order valence-corrected chi connectivity index (χ3v) is 4.28. The van der Waals surface area contributed by atoms with E-state index in [1.165, 1.54) is 7.11 Å². The predicted octanol–water partition coefficient (Wildman–Crippen LogP) is 3.66. The molecule has 0 radical (unpaired) electrons. The lowest BCUT2D eigenvalue weighted by molar-refractivity contribution is -0.141. The number of nitrogens with one attached hydrogen (secondary N) is 1. The van der Waals surface area contributed by atoms with Crippen LogP contribution in [-0.4, -0.2) is 38.5 Å². The van der Waals surface area contributed by atoms with Gasteiger partial charge in [-0.2, -0.15) is 0 Å². The molecule has 0 saturated carbocycles. The molecule has 0 fully saturated rings. The number of amides is 1. The van der Waals surface area contributed by atoms with Crippen LogP contribution in [0.5, 0.6) is 11.5 Å². The molecule has 0 heterocycles. The van der Waals surface area contributed by atoms with Crippen LogP contribution in [-0.2, 0) is 20.7 Å². The smallest absolute Gasteiger partial charge is 0.310 e. The topological polar surface area (TPSA) is 90.9 Å². The van der Waals surface area contributed by atoms with Crippen molar-refractivity contribution in [2.75, 3.05) is 26.1 Å². The first-order valence-electron chi connectivity index (χ1n) is 9.62. The van der Waals surface area contributed by atoms with Crippen molar-refractivity contribution < 1.29 is 28.6 Å². The molecule has 0 atom stereocenters. The fourth-order valence-corrected chi connectivity index (χ4v) is 2.76. The Balaban J connectivity index is 1.88. The summed E-state index contributed by atoms with van der Waals surface area (Å²) in [5, 5.41) is 2.78. The molecule has 2 rings (SSSR count). The van der Waals surface area contributed by atoms with E-state index in [0.717, 1.165) is 0 Å². The van der Waals surface area contributed by atoms with Gasteiger partial charge in [-0.1, -0.05) is 19.9 Å². The van der Waals surface area contributed by atoms with Gasteiger partial charge < -0.3 is 19.5 Å². The molecule has 0 spiro atoms. The van der Waals surface area contributed by atoms with Crippen molar-refractivity contribution >= 4 is 23.3 Å². The molecule has 0 unspecified atom stereocenters. The summed E-state index contributed by atoms with van der Waals surface area (Å²) in [4.78, 5) is 36.2. The largest absolute Gasteiger partial charge is 0.497 e. The molecular weight excluding hydrogens is 386 g/mol. The second-order valence-electron chi connectivity index (χ2n) is 7.16. The summed E-state index contributed by atoms with van der Waals surface area (Å²) < 4.78 is 15.5. The molecule has 2 aromatic carbocycles. The lowest BCUT2D eigenvalue weighted by atomic mass is 10.1. The van der Waals surface area contributed by atoms with Crippen LogP contribution in [0.25, 0.3) is 0 Å². The van der Waals surface area contributed by atoms with Gasteiger partial charge >= 0.3 is 5.97 Å². The van der Waals surface area contributed by atoms with Crippen molar-refractivity contribution in [3.8, 4) is 11.5 Å². The Morgan fingerprint density at radius 2 is 1.67 bits per heavy atom. The second-order valence-corrected chi connectivity index (χ2v) is 7.16. The highest BCUT2D eigenvalue weighted by atomic mass is 16.5. The third-order valence-electron chi connectivity index (χ3n) is 4.28. The molecule has 7 heteroatoms. The molecule has 0 bridgehead atoms. The van der Waals surface area contributed by atoms with E-state index >= 15 is 0 Å². The number of hydrogen-bond acceptors (Lipinski definition) is 6. The van der Waals surface area contributed by atoms with Crippen molar-refractivity contribution in [2.45, 2.75) is 26.7 Å². The number of Topliss-reactive ketones (excluding diaryl/α,β-unsaturated/α-hetero) is 1. The van der Waals surface area contributed by atoms with Crippen LogP contribution in [0.15, 0.2) is 42.5 Å². The highest BCUT2D eigenvalue weighted by molar-refractivity contribution is 5.99. The van der Waals surface area contributed by atoms with Gasteiger partial charge in [-0.15, -0.1) is 0 Å². The normalized spacial score (nSPS) is 10.4. The molecule has 0 aliphatic heterocycles. The van der Waals surface area contributed by atoms with Gasteiger partial charge in [0.15, 0.2) is 12.4 Å². The number of rotatable bonds is 10. The Morgan fingerprint density at radius 1 is 0.967 bits per heavy atom. The monoisotopic (exact) mass is 413 g/mol. The molecule has 1 amide bonds. The first kappa shape index (κ1) is 22.9. The minimum Gasteiger partial charge on any atom is -0.497 e. The fraction of sp³-hybridized carbons (Fsp3) is 0.348. The lowest BCUT2D eigenvalue weighted by Crippen LogP contribution is -2.16. The van der Waals surface area contributed by atoms with Crippen LogP contribution >= 0.6 is 0 Å². The first-order valence-corrected chi connectivity index (χ1v) is 9.62. The number of benzene rings is 2. The van der Waals surface area contributed by atoms with Crippen LogP contribution in [0, 0.1) is 5.92 Å². The zero-order chi connectivity index (χ0) is 22.1. The van der Waals surface area contributed by atoms with E-state index in [2.05, 4.69) is 5.32 Å². The van der Waals surface area contributed by atoms with E-state index < -0.39 is 5.97 Å². The molecule has 1 N–H and O–H groups in total. The van der Waals surface area contributed by atoms with E-state index in [1.807, 2.05) is 13.8 Å². The molecule has 0 aliphatic rings. The number of carbonyl (C=O) groups is 3. The van der Waals surface area contributed by atoms with Crippen LogP contribution < -0.4 is 14.8 Å². The Hall–Kier alpha value is -3.35. The summed E-state index contributed by atoms with van der Waals surface area (Å²) in [7, 11) is 3.04. The lowest BCUT2D eigenvalue weighted by Gasteiger charge is -2.10.